The maximum atomic E-state index is 5.90. The molecule has 2 rings (SSSR count). The first-order valence-electron chi connectivity index (χ1n) is 6.92. The van der Waals surface area contributed by atoms with E-state index in [0.29, 0.717) is 12.6 Å². The topological polar surface area (TPSA) is 21.3 Å². The van der Waals surface area contributed by atoms with Gasteiger partial charge in [0.15, 0.2) is 0 Å². The van der Waals surface area contributed by atoms with Gasteiger partial charge in [-0.2, -0.15) is 0 Å². The summed E-state index contributed by atoms with van der Waals surface area (Å²) in [6.07, 6.45) is 0.942. The van der Waals surface area contributed by atoms with Crippen LogP contribution in [0.25, 0.3) is 0 Å². The Bertz CT molecular complexity index is 539. The van der Waals surface area contributed by atoms with Gasteiger partial charge in [-0.15, -0.1) is 0 Å². The Hall–Kier alpha value is -1.67. The van der Waals surface area contributed by atoms with Gasteiger partial charge in [-0.05, 0) is 50.1 Å². The van der Waals surface area contributed by atoms with Gasteiger partial charge in [-0.3, -0.25) is 0 Å². The van der Waals surface area contributed by atoms with Crippen LogP contribution in [0, 0.1) is 0 Å². The molecular formula is C17H20ClNO. The van der Waals surface area contributed by atoms with Crippen molar-refractivity contribution >= 4 is 17.3 Å². The van der Waals surface area contributed by atoms with Crippen molar-refractivity contribution in [2.75, 3.05) is 11.9 Å². The third kappa shape index (κ3) is 4.17. The lowest BCUT2D eigenvalue weighted by Crippen LogP contribution is -2.18. The Labute approximate surface area is 125 Å². The van der Waals surface area contributed by atoms with E-state index in [1.807, 2.05) is 43.3 Å². The fraction of sp³-hybridized carbons (Fsp3) is 0.294. The van der Waals surface area contributed by atoms with E-state index in [1.165, 1.54) is 5.56 Å². The summed E-state index contributed by atoms with van der Waals surface area (Å²) in [5, 5.41) is 4.27. The van der Waals surface area contributed by atoms with E-state index in [2.05, 4.69) is 24.4 Å². The van der Waals surface area contributed by atoms with Crippen LogP contribution in [-0.4, -0.2) is 12.6 Å². The number of hydrogen-bond donors (Lipinski definition) is 1. The molecule has 0 spiro atoms. The normalized spacial score (nSPS) is 11.9. The van der Waals surface area contributed by atoms with Crippen LogP contribution >= 0.6 is 11.6 Å². The van der Waals surface area contributed by atoms with Crippen molar-refractivity contribution in [3.05, 3.63) is 59.1 Å². The molecule has 0 radical (unpaired) electrons. The average Bonchev–Trinajstić information content (AvgIpc) is 2.44. The molecule has 0 amide bonds. The molecule has 0 aromatic heterocycles. The van der Waals surface area contributed by atoms with Gasteiger partial charge in [0.25, 0.3) is 0 Å². The second kappa shape index (κ2) is 7.20. The fourth-order valence-corrected chi connectivity index (χ4v) is 2.28. The van der Waals surface area contributed by atoms with Gasteiger partial charge in [0.1, 0.15) is 5.75 Å². The van der Waals surface area contributed by atoms with Crippen LogP contribution in [0.5, 0.6) is 5.75 Å². The summed E-state index contributed by atoms with van der Waals surface area (Å²) in [6, 6.07) is 16.3. The van der Waals surface area contributed by atoms with Crippen molar-refractivity contribution in [2.24, 2.45) is 0 Å². The SMILES string of the molecule is CCOc1ccccc1NC(C)Cc1ccc(Cl)cc1. The van der Waals surface area contributed by atoms with Crippen molar-refractivity contribution in [1.29, 1.82) is 0 Å². The van der Waals surface area contributed by atoms with Crippen LogP contribution in [0.15, 0.2) is 48.5 Å². The van der Waals surface area contributed by atoms with E-state index >= 15 is 0 Å². The highest BCUT2D eigenvalue weighted by Gasteiger charge is 2.07. The quantitative estimate of drug-likeness (QED) is 0.826. The number of nitrogens with one attached hydrogen (secondary N) is 1. The number of ether oxygens (including phenoxy) is 1. The third-order valence-corrected chi connectivity index (χ3v) is 3.30. The summed E-state index contributed by atoms with van der Waals surface area (Å²) in [5.41, 5.74) is 2.30. The molecule has 2 aromatic carbocycles. The molecule has 0 bridgehead atoms. The van der Waals surface area contributed by atoms with Crippen LogP contribution in [0.1, 0.15) is 19.4 Å². The molecule has 1 N–H and O–H groups in total. The van der Waals surface area contributed by atoms with Crippen molar-refractivity contribution in [3.63, 3.8) is 0 Å². The molecule has 0 fully saturated rings. The number of para-hydroxylation sites is 2. The number of hydrogen-bond acceptors (Lipinski definition) is 2. The van der Waals surface area contributed by atoms with Crippen LogP contribution < -0.4 is 10.1 Å². The molecule has 3 heteroatoms. The zero-order valence-corrected chi connectivity index (χ0v) is 12.7. The lowest BCUT2D eigenvalue weighted by molar-refractivity contribution is 0.341. The molecule has 1 atom stereocenters. The lowest BCUT2D eigenvalue weighted by Gasteiger charge is -2.18. The summed E-state index contributed by atoms with van der Waals surface area (Å²) >= 11 is 5.90. The average molecular weight is 290 g/mol. The Morgan fingerprint density at radius 2 is 1.80 bits per heavy atom. The number of halogens is 1. The summed E-state index contributed by atoms with van der Waals surface area (Å²) < 4.78 is 5.62. The Balaban J connectivity index is 2.00. The minimum atomic E-state index is 0.317. The molecule has 2 aromatic rings. The first-order valence-corrected chi connectivity index (χ1v) is 7.29. The summed E-state index contributed by atoms with van der Waals surface area (Å²) in [4.78, 5) is 0. The maximum Gasteiger partial charge on any atom is 0.142 e. The van der Waals surface area contributed by atoms with Gasteiger partial charge in [-0.1, -0.05) is 35.9 Å². The van der Waals surface area contributed by atoms with Gasteiger partial charge < -0.3 is 10.1 Å². The molecule has 0 saturated heterocycles. The summed E-state index contributed by atoms with van der Waals surface area (Å²) in [7, 11) is 0. The van der Waals surface area contributed by atoms with Crippen molar-refractivity contribution < 1.29 is 4.74 Å². The standard InChI is InChI=1S/C17H20ClNO/c1-3-20-17-7-5-4-6-16(17)19-13(2)12-14-8-10-15(18)11-9-14/h4-11,13,19H,3,12H2,1-2H3. The monoisotopic (exact) mass is 289 g/mol. The fourth-order valence-electron chi connectivity index (χ4n) is 2.16. The third-order valence-electron chi connectivity index (χ3n) is 3.04. The van der Waals surface area contributed by atoms with E-state index in [-0.39, 0.29) is 0 Å². The molecule has 0 aliphatic rings. The second-order valence-electron chi connectivity index (χ2n) is 4.81. The predicted octanol–water partition coefficient (Wildman–Crippen LogP) is 4.78. The minimum Gasteiger partial charge on any atom is -0.492 e. The van der Waals surface area contributed by atoms with Gasteiger partial charge in [0.2, 0.25) is 0 Å². The number of rotatable bonds is 6. The van der Waals surface area contributed by atoms with E-state index in [1.54, 1.807) is 0 Å². The first kappa shape index (κ1) is 14.7. The van der Waals surface area contributed by atoms with Gasteiger partial charge in [0.05, 0.1) is 12.3 Å². The highest BCUT2D eigenvalue weighted by atomic mass is 35.5. The molecule has 106 valence electrons. The largest absolute Gasteiger partial charge is 0.492 e. The first-order chi connectivity index (χ1) is 9.69. The second-order valence-corrected chi connectivity index (χ2v) is 5.24. The van der Waals surface area contributed by atoms with Gasteiger partial charge in [0, 0.05) is 11.1 Å². The predicted molar refractivity (Wildman–Crippen MR) is 85.9 cm³/mol. The van der Waals surface area contributed by atoms with Gasteiger partial charge in [-0.25, -0.2) is 0 Å². The van der Waals surface area contributed by atoms with E-state index < -0.39 is 0 Å². The highest BCUT2D eigenvalue weighted by molar-refractivity contribution is 6.30. The molecule has 0 saturated carbocycles. The Morgan fingerprint density at radius 1 is 1.10 bits per heavy atom. The Morgan fingerprint density at radius 3 is 2.50 bits per heavy atom. The number of anilines is 1. The molecule has 2 nitrogen and oxygen atoms in total. The molecular weight excluding hydrogens is 270 g/mol. The van der Waals surface area contributed by atoms with E-state index in [4.69, 9.17) is 16.3 Å². The molecule has 1 unspecified atom stereocenters. The lowest BCUT2D eigenvalue weighted by atomic mass is 10.1. The minimum absolute atomic E-state index is 0.317. The van der Waals surface area contributed by atoms with E-state index in [9.17, 15) is 0 Å². The molecule has 20 heavy (non-hydrogen) atoms. The van der Waals surface area contributed by atoms with Crippen molar-refractivity contribution in [3.8, 4) is 5.75 Å². The van der Waals surface area contributed by atoms with Crippen molar-refractivity contribution in [2.45, 2.75) is 26.3 Å². The summed E-state index contributed by atoms with van der Waals surface area (Å²) in [5.74, 6) is 0.901. The zero-order chi connectivity index (χ0) is 14.4. The number of benzene rings is 2. The molecule has 0 aliphatic heterocycles. The smallest absolute Gasteiger partial charge is 0.142 e. The van der Waals surface area contributed by atoms with Crippen molar-refractivity contribution in [1.82, 2.24) is 0 Å². The summed E-state index contributed by atoms with van der Waals surface area (Å²) in [6.45, 7) is 4.83. The van der Waals surface area contributed by atoms with Crippen LogP contribution in [0.2, 0.25) is 5.02 Å². The highest BCUT2D eigenvalue weighted by Crippen LogP contribution is 2.25. The van der Waals surface area contributed by atoms with Crippen LogP contribution in [0.4, 0.5) is 5.69 Å². The van der Waals surface area contributed by atoms with Gasteiger partial charge >= 0.3 is 0 Å². The van der Waals surface area contributed by atoms with Crippen LogP contribution in [-0.2, 0) is 6.42 Å². The molecule has 0 aliphatic carbocycles. The van der Waals surface area contributed by atoms with E-state index in [0.717, 1.165) is 22.9 Å². The Kier molecular flexibility index (Phi) is 5.31. The van der Waals surface area contributed by atoms with Crippen LogP contribution in [0.3, 0.4) is 0 Å². The zero-order valence-electron chi connectivity index (χ0n) is 11.9. The maximum absolute atomic E-state index is 5.90. The molecule has 0 heterocycles.